The maximum Gasteiger partial charge on any atom is 0.0431 e. The maximum atomic E-state index is 9.06. The van der Waals surface area contributed by atoms with Crippen molar-refractivity contribution in [2.75, 3.05) is 32.8 Å². The molecule has 2 aliphatic rings. The van der Waals surface area contributed by atoms with Crippen molar-refractivity contribution in [1.29, 1.82) is 0 Å². The minimum Gasteiger partial charge on any atom is -0.396 e. The van der Waals surface area contributed by atoms with Gasteiger partial charge in [-0.15, -0.1) is 0 Å². The summed E-state index contributed by atoms with van der Waals surface area (Å²) in [5.41, 5.74) is 0. The van der Waals surface area contributed by atoms with Crippen LogP contribution >= 0.6 is 0 Å². The van der Waals surface area contributed by atoms with E-state index in [4.69, 9.17) is 5.11 Å². The highest BCUT2D eigenvalue weighted by Crippen LogP contribution is 2.31. The van der Waals surface area contributed by atoms with Crippen molar-refractivity contribution in [3.8, 4) is 0 Å². The Morgan fingerprint density at radius 1 is 1.20 bits per heavy atom. The Labute approximate surface area is 125 Å². The molecule has 2 unspecified atom stereocenters. The van der Waals surface area contributed by atoms with E-state index in [0.29, 0.717) is 12.6 Å². The molecule has 3 nitrogen and oxygen atoms in total. The molecule has 0 spiro atoms. The van der Waals surface area contributed by atoms with Gasteiger partial charge < -0.3 is 15.3 Å². The molecule has 0 aromatic carbocycles. The van der Waals surface area contributed by atoms with Crippen LogP contribution in [0.3, 0.4) is 0 Å². The summed E-state index contributed by atoms with van der Waals surface area (Å²) in [5.74, 6) is 2.56. The van der Waals surface area contributed by atoms with Crippen LogP contribution in [0.4, 0.5) is 0 Å². The van der Waals surface area contributed by atoms with E-state index in [9.17, 15) is 0 Å². The van der Waals surface area contributed by atoms with Crippen LogP contribution < -0.4 is 5.32 Å². The second-order valence-corrected chi connectivity index (χ2v) is 7.46. The number of hydrogen-bond donors (Lipinski definition) is 2. The zero-order valence-electron chi connectivity index (χ0n) is 13.5. The number of aliphatic hydroxyl groups is 1. The number of nitrogens with zero attached hydrogens (tertiary/aromatic N) is 1. The monoisotopic (exact) mass is 282 g/mol. The quantitative estimate of drug-likeness (QED) is 0.682. The van der Waals surface area contributed by atoms with Crippen molar-refractivity contribution >= 4 is 0 Å². The Morgan fingerprint density at radius 2 is 2.00 bits per heavy atom. The molecule has 0 amide bonds. The van der Waals surface area contributed by atoms with E-state index in [1.165, 1.54) is 51.7 Å². The van der Waals surface area contributed by atoms with E-state index >= 15 is 0 Å². The van der Waals surface area contributed by atoms with Gasteiger partial charge in [-0.1, -0.05) is 13.8 Å². The Hall–Kier alpha value is -0.120. The predicted molar refractivity (Wildman–Crippen MR) is 84.8 cm³/mol. The van der Waals surface area contributed by atoms with E-state index < -0.39 is 0 Å². The molecule has 0 bridgehead atoms. The standard InChI is InChI=1S/C17H34N2O/c1-14(2)7-8-18-17-10-16(4-3-9-20)12-19(13-17)11-15-5-6-15/h14-18,20H,3-13H2,1-2H3. The summed E-state index contributed by atoms with van der Waals surface area (Å²) < 4.78 is 0. The highest BCUT2D eigenvalue weighted by atomic mass is 16.2. The third-order valence-corrected chi connectivity index (χ3v) is 4.75. The summed E-state index contributed by atoms with van der Waals surface area (Å²) >= 11 is 0. The molecule has 1 aliphatic heterocycles. The van der Waals surface area contributed by atoms with Gasteiger partial charge in [0.2, 0.25) is 0 Å². The van der Waals surface area contributed by atoms with Gasteiger partial charge in [0.25, 0.3) is 0 Å². The zero-order chi connectivity index (χ0) is 14.4. The van der Waals surface area contributed by atoms with Crippen LogP contribution in [0.1, 0.15) is 52.4 Å². The average molecular weight is 282 g/mol. The molecule has 0 radical (unpaired) electrons. The van der Waals surface area contributed by atoms with Crippen LogP contribution in [-0.2, 0) is 0 Å². The molecule has 1 saturated carbocycles. The number of likely N-dealkylation sites (tertiary alicyclic amines) is 1. The highest BCUT2D eigenvalue weighted by molar-refractivity contribution is 4.87. The second-order valence-electron chi connectivity index (χ2n) is 7.46. The van der Waals surface area contributed by atoms with Crippen LogP contribution in [0.2, 0.25) is 0 Å². The lowest BCUT2D eigenvalue weighted by Gasteiger charge is -2.38. The summed E-state index contributed by atoms with van der Waals surface area (Å²) in [6.45, 7) is 9.93. The fourth-order valence-electron chi connectivity index (χ4n) is 3.43. The summed E-state index contributed by atoms with van der Waals surface area (Å²) in [7, 11) is 0. The van der Waals surface area contributed by atoms with E-state index in [1.54, 1.807) is 0 Å². The van der Waals surface area contributed by atoms with Crippen LogP contribution in [0.25, 0.3) is 0 Å². The first-order chi connectivity index (χ1) is 9.67. The van der Waals surface area contributed by atoms with Crippen molar-refractivity contribution in [3.05, 3.63) is 0 Å². The van der Waals surface area contributed by atoms with Gasteiger partial charge in [-0.2, -0.15) is 0 Å². The fraction of sp³-hybridized carbons (Fsp3) is 1.00. The lowest BCUT2D eigenvalue weighted by molar-refractivity contribution is 0.125. The number of aliphatic hydroxyl groups excluding tert-OH is 1. The smallest absolute Gasteiger partial charge is 0.0431 e. The lowest BCUT2D eigenvalue weighted by Crippen LogP contribution is -2.50. The Bertz CT molecular complexity index is 266. The summed E-state index contributed by atoms with van der Waals surface area (Å²) in [5, 5.41) is 12.8. The molecule has 2 fully saturated rings. The van der Waals surface area contributed by atoms with Gasteiger partial charge in [-0.25, -0.2) is 0 Å². The first-order valence-electron chi connectivity index (χ1n) is 8.74. The minimum atomic E-state index is 0.352. The minimum absolute atomic E-state index is 0.352. The van der Waals surface area contributed by atoms with Gasteiger partial charge in [0.1, 0.15) is 0 Å². The topological polar surface area (TPSA) is 35.5 Å². The van der Waals surface area contributed by atoms with Crippen LogP contribution in [0.15, 0.2) is 0 Å². The second kappa shape index (κ2) is 8.35. The largest absolute Gasteiger partial charge is 0.396 e. The van der Waals surface area contributed by atoms with Crippen molar-refractivity contribution in [3.63, 3.8) is 0 Å². The van der Waals surface area contributed by atoms with Crippen molar-refractivity contribution < 1.29 is 5.11 Å². The van der Waals surface area contributed by atoms with Gasteiger partial charge in [-0.3, -0.25) is 0 Å². The molecule has 20 heavy (non-hydrogen) atoms. The number of piperidine rings is 1. The van der Waals surface area contributed by atoms with E-state index in [0.717, 1.165) is 30.7 Å². The molecule has 2 rings (SSSR count). The molecule has 3 heteroatoms. The Morgan fingerprint density at radius 3 is 2.65 bits per heavy atom. The molecule has 1 aliphatic carbocycles. The van der Waals surface area contributed by atoms with Crippen molar-refractivity contribution in [1.82, 2.24) is 10.2 Å². The van der Waals surface area contributed by atoms with Crippen LogP contribution in [-0.4, -0.2) is 48.8 Å². The van der Waals surface area contributed by atoms with Gasteiger partial charge in [0, 0.05) is 32.3 Å². The third-order valence-electron chi connectivity index (χ3n) is 4.75. The molecule has 0 aromatic rings. The maximum absolute atomic E-state index is 9.06. The van der Waals surface area contributed by atoms with Gasteiger partial charge in [-0.05, 0) is 62.8 Å². The Balaban J connectivity index is 1.75. The van der Waals surface area contributed by atoms with Crippen LogP contribution in [0.5, 0.6) is 0 Å². The molecular weight excluding hydrogens is 248 g/mol. The van der Waals surface area contributed by atoms with Crippen LogP contribution in [0, 0.1) is 17.8 Å². The van der Waals surface area contributed by atoms with Gasteiger partial charge in [0.15, 0.2) is 0 Å². The molecule has 0 aromatic heterocycles. The average Bonchev–Trinajstić information content (AvgIpc) is 3.19. The predicted octanol–water partition coefficient (Wildman–Crippen LogP) is 2.50. The van der Waals surface area contributed by atoms with E-state index in [-0.39, 0.29) is 0 Å². The lowest BCUT2D eigenvalue weighted by atomic mass is 9.90. The molecule has 2 N–H and O–H groups in total. The van der Waals surface area contributed by atoms with Crippen molar-refractivity contribution in [2.24, 2.45) is 17.8 Å². The summed E-state index contributed by atoms with van der Waals surface area (Å²) in [6.07, 6.45) is 7.65. The van der Waals surface area contributed by atoms with E-state index in [2.05, 4.69) is 24.1 Å². The normalized spacial score (nSPS) is 28.2. The zero-order valence-corrected chi connectivity index (χ0v) is 13.5. The first kappa shape index (κ1) is 16.3. The molecule has 1 heterocycles. The fourth-order valence-corrected chi connectivity index (χ4v) is 3.43. The van der Waals surface area contributed by atoms with Crippen molar-refractivity contribution in [2.45, 2.75) is 58.4 Å². The SMILES string of the molecule is CC(C)CCNC1CC(CCCO)CN(CC2CC2)C1. The number of nitrogens with one attached hydrogen (secondary N) is 1. The molecule has 2 atom stereocenters. The third kappa shape index (κ3) is 6.11. The summed E-state index contributed by atoms with van der Waals surface area (Å²) in [4.78, 5) is 2.69. The van der Waals surface area contributed by atoms with Gasteiger partial charge >= 0.3 is 0 Å². The molecule has 118 valence electrons. The highest BCUT2D eigenvalue weighted by Gasteiger charge is 2.31. The molecule has 1 saturated heterocycles. The first-order valence-corrected chi connectivity index (χ1v) is 8.74. The summed E-state index contributed by atoms with van der Waals surface area (Å²) in [6, 6.07) is 0.671. The number of rotatable bonds is 9. The van der Waals surface area contributed by atoms with Gasteiger partial charge in [0.05, 0.1) is 0 Å². The number of hydrogen-bond acceptors (Lipinski definition) is 3. The van der Waals surface area contributed by atoms with E-state index in [1.807, 2.05) is 0 Å². The Kier molecular flexibility index (Phi) is 6.79. The molecular formula is C17H34N2O.